The van der Waals surface area contributed by atoms with Crippen LogP contribution in [0.5, 0.6) is 0 Å². The van der Waals surface area contributed by atoms with Crippen LogP contribution in [0.3, 0.4) is 0 Å². The largest absolute Gasteiger partial charge is 0.352 e. The lowest BCUT2D eigenvalue weighted by Crippen LogP contribution is -2.56. The van der Waals surface area contributed by atoms with Crippen molar-refractivity contribution in [2.45, 2.75) is 44.7 Å². The number of nitrogens with one attached hydrogen (secondary N) is 3. The van der Waals surface area contributed by atoms with Gasteiger partial charge in [-0.05, 0) is 19.8 Å². The van der Waals surface area contributed by atoms with Crippen molar-refractivity contribution in [3.05, 3.63) is 12.7 Å². The number of hydrogen-bond donors (Lipinski definition) is 3. The third-order valence-corrected chi connectivity index (χ3v) is 5.07. The normalized spacial score (nSPS) is 20.3. The second-order valence-electron chi connectivity index (χ2n) is 7.02. The van der Waals surface area contributed by atoms with E-state index in [9.17, 15) is 14.4 Å². The number of amides is 4. The molecule has 1 heterocycles. The van der Waals surface area contributed by atoms with Crippen LogP contribution in [-0.4, -0.2) is 79.0 Å². The molecule has 8 heteroatoms. The Morgan fingerprint density at radius 3 is 2.42 bits per heavy atom. The Morgan fingerprint density at radius 1 is 1.15 bits per heavy atom. The average Bonchev–Trinajstić information content (AvgIpc) is 3.12. The van der Waals surface area contributed by atoms with E-state index in [0.29, 0.717) is 39.3 Å². The van der Waals surface area contributed by atoms with Crippen LogP contribution in [-0.2, 0) is 9.59 Å². The predicted molar refractivity (Wildman–Crippen MR) is 99.6 cm³/mol. The minimum Gasteiger partial charge on any atom is -0.352 e. The number of hydrogen-bond acceptors (Lipinski definition) is 5. The summed E-state index contributed by atoms with van der Waals surface area (Å²) in [7, 11) is 0. The minimum absolute atomic E-state index is 0.0206. The first kappa shape index (κ1) is 20.4. The summed E-state index contributed by atoms with van der Waals surface area (Å²) in [5.74, 6) is -0.301. The van der Waals surface area contributed by atoms with Crippen LogP contribution < -0.4 is 16.0 Å². The van der Waals surface area contributed by atoms with E-state index in [0.717, 1.165) is 25.7 Å². The number of rotatable bonds is 7. The van der Waals surface area contributed by atoms with Crippen molar-refractivity contribution < 1.29 is 14.4 Å². The summed E-state index contributed by atoms with van der Waals surface area (Å²) in [4.78, 5) is 40.1. The molecule has 0 aromatic carbocycles. The number of nitrogens with zero attached hydrogens (tertiary/aromatic N) is 2. The third-order valence-electron chi connectivity index (χ3n) is 5.07. The van der Waals surface area contributed by atoms with Crippen LogP contribution in [0, 0.1) is 0 Å². The van der Waals surface area contributed by atoms with Crippen LogP contribution in [0.4, 0.5) is 4.79 Å². The smallest absolute Gasteiger partial charge is 0.321 e. The van der Waals surface area contributed by atoms with E-state index in [2.05, 4.69) is 27.4 Å². The Hall–Kier alpha value is -1.93. The fraction of sp³-hybridized carbons (Fsp3) is 0.722. The van der Waals surface area contributed by atoms with E-state index in [1.807, 2.05) is 11.8 Å². The predicted octanol–water partition coefficient (Wildman–Crippen LogP) is 0.0631. The van der Waals surface area contributed by atoms with Gasteiger partial charge in [0.2, 0.25) is 11.8 Å². The van der Waals surface area contributed by atoms with Gasteiger partial charge < -0.3 is 10.6 Å². The molecule has 4 amide bonds. The van der Waals surface area contributed by atoms with Crippen molar-refractivity contribution in [1.82, 2.24) is 25.8 Å². The number of piperazine rings is 1. The van der Waals surface area contributed by atoms with Crippen LogP contribution in [0.2, 0.25) is 0 Å². The Kier molecular flexibility index (Phi) is 8.06. The average molecular weight is 365 g/mol. The number of carbonyl (C=O) groups excluding carboxylic acids is 3. The van der Waals surface area contributed by atoms with Gasteiger partial charge in [-0.15, -0.1) is 6.58 Å². The maximum Gasteiger partial charge on any atom is 0.321 e. The molecule has 0 aromatic rings. The Balaban J connectivity index is 1.68. The van der Waals surface area contributed by atoms with Gasteiger partial charge in [0.25, 0.3) is 0 Å². The highest BCUT2D eigenvalue weighted by Crippen LogP contribution is 2.17. The molecule has 2 aliphatic rings. The van der Waals surface area contributed by atoms with Gasteiger partial charge in [-0.25, -0.2) is 4.79 Å². The lowest BCUT2D eigenvalue weighted by Gasteiger charge is -2.37. The van der Waals surface area contributed by atoms with Crippen molar-refractivity contribution in [2.24, 2.45) is 0 Å². The Morgan fingerprint density at radius 2 is 1.81 bits per heavy atom. The van der Waals surface area contributed by atoms with Crippen LogP contribution in [0.1, 0.15) is 32.6 Å². The molecule has 1 saturated carbocycles. The number of urea groups is 1. The molecule has 1 aliphatic heterocycles. The summed E-state index contributed by atoms with van der Waals surface area (Å²) in [6, 6.07) is -0.582. The zero-order chi connectivity index (χ0) is 18.9. The van der Waals surface area contributed by atoms with Gasteiger partial charge in [-0.3, -0.25) is 24.7 Å². The molecule has 1 atom stereocenters. The van der Waals surface area contributed by atoms with Gasteiger partial charge in [0.05, 0.1) is 12.6 Å². The van der Waals surface area contributed by atoms with Crippen LogP contribution in [0.25, 0.3) is 0 Å². The second-order valence-corrected chi connectivity index (χ2v) is 7.02. The maximum absolute atomic E-state index is 12.3. The molecule has 1 unspecified atom stereocenters. The summed E-state index contributed by atoms with van der Waals surface area (Å²) in [6.45, 7) is 9.01. The molecule has 2 rings (SSSR count). The highest BCUT2D eigenvalue weighted by atomic mass is 16.2. The maximum atomic E-state index is 12.3. The summed E-state index contributed by atoms with van der Waals surface area (Å²) in [6.07, 6.45) is 5.88. The Labute approximate surface area is 155 Å². The standard InChI is InChI=1S/C18H31N5O3/c1-3-8-19-16(24)13-22-9-11-23(12-10-22)14(2)17(25)21-18(26)20-15-6-4-5-7-15/h3,14-15H,1,4-13H2,2H3,(H,19,24)(H2,20,21,25,26). The molecule has 146 valence electrons. The van der Waals surface area contributed by atoms with E-state index in [1.54, 1.807) is 6.08 Å². The van der Waals surface area contributed by atoms with Gasteiger partial charge in [-0.1, -0.05) is 18.9 Å². The number of carbonyl (C=O) groups is 3. The highest BCUT2D eigenvalue weighted by Gasteiger charge is 2.27. The van der Waals surface area contributed by atoms with Crippen LogP contribution in [0.15, 0.2) is 12.7 Å². The van der Waals surface area contributed by atoms with Crippen molar-refractivity contribution >= 4 is 17.8 Å². The fourth-order valence-electron chi connectivity index (χ4n) is 3.43. The molecule has 1 aliphatic carbocycles. The first-order chi connectivity index (χ1) is 12.5. The quantitative estimate of drug-likeness (QED) is 0.555. The molecule has 3 N–H and O–H groups in total. The second kappa shape index (κ2) is 10.3. The van der Waals surface area contributed by atoms with Gasteiger partial charge in [0.15, 0.2) is 0 Å². The SMILES string of the molecule is C=CCNC(=O)CN1CCN(C(C)C(=O)NC(=O)NC2CCCC2)CC1. The highest BCUT2D eigenvalue weighted by molar-refractivity contribution is 5.96. The molecule has 0 aromatic heterocycles. The molecule has 0 spiro atoms. The van der Waals surface area contributed by atoms with Gasteiger partial charge in [-0.2, -0.15) is 0 Å². The van der Waals surface area contributed by atoms with Crippen molar-refractivity contribution in [3.8, 4) is 0 Å². The summed E-state index contributed by atoms with van der Waals surface area (Å²) in [5, 5.41) is 8.08. The van der Waals surface area contributed by atoms with Crippen LogP contribution >= 0.6 is 0 Å². The topological polar surface area (TPSA) is 93.8 Å². The molecule has 2 fully saturated rings. The monoisotopic (exact) mass is 365 g/mol. The molecular weight excluding hydrogens is 334 g/mol. The Bertz CT molecular complexity index is 511. The van der Waals surface area contributed by atoms with Gasteiger partial charge in [0, 0.05) is 38.8 Å². The molecular formula is C18H31N5O3. The van der Waals surface area contributed by atoms with E-state index in [4.69, 9.17) is 0 Å². The number of imide groups is 1. The van der Waals surface area contributed by atoms with E-state index in [1.165, 1.54) is 0 Å². The fourth-order valence-corrected chi connectivity index (χ4v) is 3.43. The lowest BCUT2D eigenvalue weighted by molar-refractivity contribution is -0.127. The summed E-state index contributed by atoms with van der Waals surface area (Å²) >= 11 is 0. The third kappa shape index (κ3) is 6.42. The first-order valence-corrected chi connectivity index (χ1v) is 9.45. The zero-order valence-electron chi connectivity index (χ0n) is 15.6. The molecule has 0 radical (unpaired) electrons. The van der Waals surface area contributed by atoms with Crippen molar-refractivity contribution in [3.63, 3.8) is 0 Å². The van der Waals surface area contributed by atoms with Gasteiger partial charge >= 0.3 is 6.03 Å². The summed E-state index contributed by atoms with van der Waals surface area (Å²) < 4.78 is 0. The molecule has 8 nitrogen and oxygen atoms in total. The molecule has 0 bridgehead atoms. The minimum atomic E-state index is -0.397. The van der Waals surface area contributed by atoms with E-state index >= 15 is 0 Å². The van der Waals surface area contributed by atoms with Gasteiger partial charge in [0.1, 0.15) is 0 Å². The molecule has 1 saturated heterocycles. The summed E-state index contributed by atoms with van der Waals surface area (Å²) in [5.41, 5.74) is 0. The van der Waals surface area contributed by atoms with Crippen molar-refractivity contribution in [1.29, 1.82) is 0 Å². The van der Waals surface area contributed by atoms with Crippen molar-refractivity contribution in [2.75, 3.05) is 39.3 Å². The first-order valence-electron chi connectivity index (χ1n) is 9.45. The van der Waals surface area contributed by atoms with E-state index < -0.39 is 6.03 Å². The van der Waals surface area contributed by atoms with E-state index in [-0.39, 0.29) is 23.9 Å². The zero-order valence-corrected chi connectivity index (χ0v) is 15.6. The lowest BCUT2D eigenvalue weighted by atomic mass is 10.2. The molecule has 26 heavy (non-hydrogen) atoms.